The molecular formula is C22H29N3O2. The van der Waals surface area contributed by atoms with Gasteiger partial charge in [0.05, 0.1) is 5.54 Å². The smallest absolute Gasteiger partial charge is 0.315 e. The summed E-state index contributed by atoms with van der Waals surface area (Å²) < 4.78 is 1.65. The quantitative estimate of drug-likeness (QED) is 0.731. The van der Waals surface area contributed by atoms with Gasteiger partial charge in [-0.15, -0.1) is 0 Å². The topological polar surface area (TPSA) is 63.1 Å². The molecule has 27 heavy (non-hydrogen) atoms. The molecule has 2 aromatic rings. The van der Waals surface area contributed by atoms with Crippen molar-refractivity contribution in [3.8, 4) is 0 Å². The first kappa shape index (κ1) is 20.5. The molecule has 0 aliphatic carbocycles. The number of urea groups is 1. The molecule has 0 aliphatic heterocycles. The molecule has 2 N–H and O–H groups in total. The summed E-state index contributed by atoms with van der Waals surface area (Å²) in [5.74, 6) is 0. The Bertz CT molecular complexity index is 881. The van der Waals surface area contributed by atoms with Crippen LogP contribution in [-0.4, -0.2) is 17.1 Å². The molecule has 5 nitrogen and oxygen atoms in total. The van der Waals surface area contributed by atoms with E-state index in [9.17, 15) is 9.59 Å². The standard InChI is InChI=1S/C22H29N3O2/c1-16(2)18-8-6-9-19(15-18)22(4,5)24-21(27)23-11-7-12-25-13-10-17(3)14-20(25)26/h6,8-10,13-15H,1,7,11-12H2,2-5H3,(H2,23,24,27). The Morgan fingerprint density at radius 1 is 1.22 bits per heavy atom. The van der Waals surface area contributed by atoms with Gasteiger partial charge in [0.25, 0.3) is 5.56 Å². The van der Waals surface area contributed by atoms with Gasteiger partial charge < -0.3 is 15.2 Å². The molecular weight excluding hydrogens is 338 g/mol. The van der Waals surface area contributed by atoms with E-state index in [1.54, 1.807) is 16.8 Å². The number of nitrogens with zero attached hydrogens (tertiary/aromatic N) is 1. The number of pyridine rings is 1. The number of amides is 2. The van der Waals surface area contributed by atoms with Gasteiger partial charge in [-0.25, -0.2) is 4.79 Å². The molecule has 5 heteroatoms. The molecule has 0 saturated carbocycles. The SMILES string of the molecule is C=C(C)c1cccc(C(C)(C)NC(=O)NCCCn2ccc(C)cc2=O)c1. The molecule has 1 aromatic carbocycles. The lowest BCUT2D eigenvalue weighted by Crippen LogP contribution is -2.46. The summed E-state index contributed by atoms with van der Waals surface area (Å²) in [5, 5.41) is 5.87. The summed E-state index contributed by atoms with van der Waals surface area (Å²) in [7, 11) is 0. The zero-order chi connectivity index (χ0) is 20.0. The van der Waals surface area contributed by atoms with Crippen LogP contribution < -0.4 is 16.2 Å². The molecule has 144 valence electrons. The van der Waals surface area contributed by atoms with E-state index in [0.717, 1.165) is 22.3 Å². The van der Waals surface area contributed by atoms with Crippen molar-refractivity contribution in [3.63, 3.8) is 0 Å². The lowest BCUT2D eigenvalue weighted by molar-refractivity contribution is 0.229. The van der Waals surface area contributed by atoms with E-state index in [1.165, 1.54) is 0 Å². The summed E-state index contributed by atoms with van der Waals surface area (Å²) >= 11 is 0. The highest BCUT2D eigenvalue weighted by Crippen LogP contribution is 2.23. The fourth-order valence-corrected chi connectivity index (χ4v) is 2.82. The number of carbonyl (C=O) groups excluding carboxylic acids is 1. The lowest BCUT2D eigenvalue weighted by atomic mass is 9.92. The first-order valence-electron chi connectivity index (χ1n) is 9.18. The molecule has 0 aliphatic rings. The average Bonchev–Trinajstić information content (AvgIpc) is 2.60. The second kappa shape index (κ2) is 8.71. The number of rotatable bonds is 7. The molecule has 0 saturated heterocycles. The van der Waals surface area contributed by atoms with Crippen LogP contribution in [0.4, 0.5) is 4.79 Å². The van der Waals surface area contributed by atoms with Crippen LogP contribution in [0.3, 0.4) is 0 Å². The number of hydrogen-bond acceptors (Lipinski definition) is 2. The van der Waals surface area contributed by atoms with E-state index in [0.29, 0.717) is 19.5 Å². The van der Waals surface area contributed by atoms with E-state index in [1.807, 2.05) is 58.0 Å². The Kier molecular flexibility index (Phi) is 6.61. The Hall–Kier alpha value is -2.82. The normalized spacial score (nSPS) is 11.1. The maximum absolute atomic E-state index is 12.3. The minimum atomic E-state index is -0.510. The van der Waals surface area contributed by atoms with Crippen LogP contribution in [-0.2, 0) is 12.1 Å². The predicted molar refractivity (Wildman–Crippen MR) is 111 cm³/mol. The van der Waals surface area contributed by atoms with E-state index >= 15 is 0 Å². The van der Waals surface area contributed by atoms with Crippen LogP contribution in [0, 0.1) is 6.92 Å². The zero-order valence-corrected chi connectivity index (χ0v) is 16.6. The molecule has 0 atom stereocenters. The highest BCUT2D eigenvalue weighted by Gasteiger charge is 2.23. The molecule has 1 aromatic heterocycles. The van der Waals surface area contributed by atoms with Crippen molar-refractivity contribution in [2.75, 3.05) is 6.54 Å². The lowest BCUT2D eigenvalue weighted by Gasteiger charge is -2.27. The highest BCUT2D eigenvalue weighted by atomic mass is 16.2. The number of aryl methyl sites for hydroxylation is 2. The van der Waals surface area contributed by atoms with E-state index in [2.05, 4.69) is 17.2 Å². The van der Waals surface area contributed by atoms with Crippen LogP contribution in [0.5, 0.6) is 0 Å². The minimum Gasteiger partial charge on any atom is -0.338 e. The predicted octanol–water partition coefficient (Wildman–Crippen LogP) is 3.81. The maximum Gasteiger partial charge on any atom is 0.315 e. The summed E-state index contributed by atoms with van der Waals surface area (Å²) in [4.78, 5) is 24.1. The third kappa shape index (κ3) is 5.84. The van der Waals surface area contributed by atoms with Gasteiger partial charge in [-0.3, -0.25) is 4.79 Å². The van der Waals surface area contributed by atoms with Gasteiger partial charge >= 0.3 is 6.03 Å². The van der Waals surface area contributed by atoms with Crippen molar-refractivity contribution in [2.24, 2.45) is 0 Å². The molecule has 0 radical (unpaired) electrons. The van der Waals surface area contributed by atoms with Crippen molar-refractivity contribution in [1.29, 1.82) is 0 Å². The Labute approximate surface area is 161 Å². The summed E-state index contributed by atoms with van der Waals surface area (Å²) in [5.41, 5.74) is 3.49. The van der Waals surface area contributed by atoms with Gasteiger partial charge in [0.15, 0.2) is 0 Å². The molecule has 0 bridgehead atoms. The van der Waals surface area contributed by atoms with Gasteiger partial charge in [0.2, 0.25) is 0 Å². The van der Waals surface area contributed by atoms with Crippen molar-refractivity contribution in [2.45, 2.75) is 46.2 Å². The van der Waals surface area contributed by atoms with E-state index in [4.69, 9.17) is 0 Å². The van der Waals surface area contributed by atoms with Crippen LogP contribution in [0.15, 0.2) is 54.0 Å². The van der Waals surface area contributed by atoms with E-state index < -0.39 is 5.54 Å². The fraction of sp³-hybridized carbons (Fsp3) is 0.364. The van der Waals surface area contributed by atoms with Gasteiger partial charge in [-0.2, -0.15) is 0 Å². The van der Waals surface area contributed by atoms with Crippen molar-refractivity contribution in [1.82, 2.24) is 15.2 Å². The average molecular weight is 367 g/mol. The zero-order valence-electron chi connectivity index (χ0n) is 16.6. The number of allylic oxidation sites excluding steroid dienone is 1. The van der Waals surface area contributed by atoms with Gasteiger partial charge in [-0.05, 0) is 62.9 Å². The molecule has 0 spiro atoms. The first-order valence-corrected chi connectivity index (χ1v) is 9.18. The van der Waals surface area contributed by atoms with Crippen LogP contribution in [0.2, 0.25) is 0 Å². The highest BCUT2D eigenvalue weighted by molar-refractivity contribution is 5.75. The molecule has 0 fully saturated rings. The van der Waals surface area contributed by atoms with Gasteiger partial charge in [0, 0.05) is 25.4 Å². The summed E-state index contributed by atoms with van der Waals surface area (Å²) in [6.07, 6.45) is 2.47. The van der Waals surface area contributed by atoms with Gasteiger partial charge in [0.1, 0.15) is 0 Å². The molecule has 2 rings (SSSR count). The van der Waals surface area contributed by atoms with Crippen LogP contribution in [0.1, 0.15) is 43.9 Å². The Morgan fingerprint density at radius 3 is 2.63 bits per heavy atom. The van der Waals surface area contributed by atoms with Crippen molar-refractivity contribution < 1.29 is 4.79 Å². The number of benzene rings is 1. The second-order valence-electron chi connectivity index (χ2n) is 7.46. The van der Waals surface area contributed by atoms with Crippen LogP contribution in [0.25, 0.3) is 5.57 Å². The fourth-order valence-electron chi connectivity index (χ4n) is 2.82. The summed E-state index contributed by atoms with van der Waals surface area (Å²) in [6.45, 7) is 12.8. The third-order valence-corrected chi connectivity index (χ3v) is 4.52. The molecule has 2 amide bonds. The number of nitrogens with one attached hydrogen (secondary N) is 2. The monoisotopic (exact) mass is 367 g/mol. The van der Waals surface area contributed by atoms with Crippen LogP contribution >= 0.6 is 0 Å². The molecule has 1 heterocycles. The number of aromatic nitrogens is 1. The Morgan fingerprint density at radius 2 is 1.96 bits per heavy atom. The largest absolute Gasteiger partial charge is 0.338 e. The maximum atomic E-state index is 12.3. The number of hydrogen-bond donors (Lipinski definition) is 2. The number of carbonyl (C=O) groups is 1. The second-order valence-corrected chi connectivity index (χ2v) is 7.46. The Balaban J connectivity index is 1.86. The van der Waals surface area contributed by atoms with Crippen molar-refractivity contribution >= 4 is 11.6 Å². The minimum absolute atomic E-state index is 0.0158. The molecule has 0 unspecified atom stereocenters. The first-order chi connectivity index (χ1) is 12.7. The van der Waals surface area contributed by atoms with E-state index in [-0.39, 0.29) is 11.6 Å². The third-order valence-electron chi connectivity index (χ3n) is 4.52. The van der Waals surface area contributed by atoms with Crippen molar-refractivity contribution in [3.05, 3.63) is 76.2 Å². The van der Waals surface area contributed by atoms with Gasteiger partial charge in [-0.1, -0.05) is 30.4 Å². The summed E-state index contributed by atoms with van der Waals surface area (Å²) in [6, 6.07) is 11.3.